The summed E-state index contributed by atoms with van der Waals surface area (Å²) in [5.41, 5.74) is 11.1. The lowest BCUT2D eigenvalue weighted by Gasteiger charge is -2.39. The number of rotatable bonds is 6. The number of aromatic nitrogens is 1. The van der Waals surface area contributed by atoms with Gasteiger partial charge in [-0.05, 0) is 60.0 Å². The summed E-state index contributed by atoms with van der Waals surface area (Å²) < 4.78 is 5.51. The number of amides is 1. The number of nitrogens with one attached hydrogen (secondary N) is 1. The quantitative estimate of drug-likeness (QED) is 0.547. The van der Waals surface area contributed by atoms with Crippen LogP contribution in [0, 0.1) is 5.41 Å². The van der Waals surface area contributed by atoms with Gasteiger partial charge in [-0.2, -0.15) is 0 Å². The van der Waals surface area contributed by atoms with E-state index in [1.165, 1.54) is 6.20 Å². The molecule has 0 radical (unpaired) electrons. The summed E-state index contributed by atoms with van der Waals surface area (Å²) >= 11 is 6.50. The van der Waals surface area contributed by atoms with Crippen LogP contribution in [-0.4, -0.2) is 70.8 Å². The first kappa shape index (κ1) is 25.0. The Hall–Kier alpha value is -3.62. The van der Waals surface area contributed by atoms with Gasteiger partial charge < -0.3 is 20.3 Å². The molecule has 1 aromatic heterocycles. The Kier molecular flexibility index (Phi) is 7.04. The van der Waals surface area contributed by atoms with Crippen LogP contribution < -0.4 is 5.73 Å². The van der Waals surface area contributed by atoms with Crippen molar-refractivity contribution in [3.63, 3.8) is 0 Å². The van der Waals surface area contributed by atoms with Crippen molar-refractivity contribution in [1.82, 2.24) is 19.7 Å². The van der Waals surface area contributed by atoms with E-state index in [0.717, 1.165) is 35.2 Å². The molecule has 2 aromatic rings. The number of nitrogens with zero attached hydrogens (tertiary/aromatic N) is 4. The monoisotopic (exact) mass is 518 g/mol. The smallest absolute Gasteiger partial charge is 0.410 e. The molecule has 192 valence electrons. The summed E-state index contributed by atoms with van der Waals surface area (Å²) in [5, 5.41) is 9.70. The van der Waals surface area contributed by atoms with Gasteiger partial charge in [-0.1, -0.05) is 30.3 Å². The van der Waals surface area contributed by atoms with Crippen LogP contribution in [0.2, 0.25) is 5.02 Å². The zero-order chi connectivity index (χ0) is 26.1. The van der Waals surface area contributed by atoms with Crippen LogP contribution in [0.1, 0.15) is 41.3 Å². The van der Waals surface area contributed by atoms with Crippen LogP contribution in [0.3, 0.4) is 0 Å². The van der Waals surface area contributed by atoms with Crippen molar-refractivity contribution in [2.75, 3.05) is 33.2 Å². The molecule has 5 rings (SSSR count). The van der Waals surface area contributed by atoms with E-state index in [-0.39, 0.29) is 24.0 Å². The second kappa shape index (κ2) is 10.4. The minimum atomic E-state index is -0.224. The number of halogens is 1. The molecule has 1 atom stereocenters. The number of pyridine rings is 1. The molecule has 2 fully saturated rings. The molecule has 1 aliphatic heterocycles. The fraction of sp³-hybridized carbons (Fsp3) is 0.321. The number of hydrogen-bond acceptors (Lipinski definition) is 7. The number of ether oxygens (including phenoxy) is 1. The zero-order valence-corrected chi connectivity index (χ0v) is 21.6. The van der Waals surface area contributed by atoms with Crippen LogP contribution >= 0.6 is 11.6 Å². The molecule has 1 saturated carbocycles. The molecule has 0 unspecified atom stereocenters. The lowest BCUT2D eigenvalue weighted by Crippen LogP contribution is -2.50. The lowest BCUT2D eigenvalue weighted by atomic mass is 9.91. The van der Waals surface area contributed by atoms with E-state index in [0.29, 0.717) is 42.5 Å². The second-order valence-electron chi connectivity index (χ2n) is 9.50. The standard InChI is InChI=1S/C28H31ClN6O2/c1-3-33(2)24(17-30)25(31)23-15-18-5-4-10-32-26(18)27(21-9-6-19(29)16-22(21)23)34-11-13-35(14-12-34)28(36)37-20-7-8-20/h3-6,9-10,15-17,20,27,31H,1,7-8,11-14,30H2,2H3/b24-17-,31-25?/t27-/m0/s1. The minimum absolute atomic E-state index is 0.0903. The fourth-order valence-electron chi connectivity index (χ4n) is 4.92. The van der Waals surface area contributed by atoms with Gasteiger partial charge in [0.15, 0.2) is 0 Å². The maximum atomic E-state index is 12.5. The van der Waals surface area contributed by atoms with Gasteiger partial charge in [0.05, 0.1) is 23.1 Å². The molecule has 0 bridgehead atoms. The van der Waals surface area contributed by atoms with Crippen molar-refractivity contribution in [1.29, 1.82) is 5.41 Å². The van der Waals surface area contributed by atoms with E-state index < -0.39 is 0 Å². The van der Waals surface area contributed by atoms with Crippen LogP contribution in [-0.2, 0) is 4.74 Å². The number of allylic oxidation sites excluding steroid dienone is 1. The van der Waals surface area contributed by atoms with Crippen LogP contribution in [0.4, 0.5) is 4.79 Å². The Labute approximate surface area is 222 Å². The van der Waals surface area contributed by atoms with Gasteiger partial charge >= 0.3 is 6.09 Å². The molecular formula is C28H31ClN6O2. The van der Waals surface area contributed by atoms with E-state index >= 15 is 0 Å². The summed E-state index contributed by atoms with van der Waals surface area (Å²) in [6.07, 6.45) is 8.62. The number of piperazine rings is 1. The van der Waals surface area contributed by atoms with E-state index in [1.807, 2.05) is 43.5 Å². The lowest BCUT2D eigenvalue weighted by molar-refractivity contribution is 0.0639. The normalized spacial score (nSPS) is 19.7. The third-order valence-electron chi connectivity index (χ3n) is 7.10. The molecule has 3 N–H and O–H groups in total. The average molecular weight is 519 g/mol. The van der Waals surface area contributed by atoms with Crippen molar-refractivity contribution in [3.05, 3.63) is 88.6 Å². The van der Waals surface area contributed by atoms with Crippen molar-refractivity contribution in [2.45, 2.75) is 25.0 Å². The van der Waals surface area contributed by atoms with Gasteiger partial charge in [-0.15, -0.1) is 0 Å². The van der Waals surface area contributed by atoms with Crippen molar-refractivity contribution in [2.24, 2.45) is 5.73 Å². The zero-order valence-electron chi connectivity index (χ0n) is 20.9. The molecule has 0 spiro atoms. The predicted molar refractivity (Wildman–Crippen MR) is 146 cm³/mol. The SMILES string of the molecule is C=CN(C)/C(=C\N)C(=N)C1=Cc2cccnc2[C@@H](N2CCN(C(=O)OC3CC3)CC2)c2ccc(Cl)cc21. The highest BCUT2D eigenvalue weighted by Crippen LogP contribution is 2.41. The van der Waals surface area contributed by atoms with Gasteiger partial charge in [0.25, 0.3) is 0 Å². The van der Waals surface area contributed by atoms with E-state index in [9.17, 15) is 4.79 Å². The summed E-state index contributed by atoms with van der Waals surface area (Å²) in [6, 6.07) is 9.54. The van der Waals surface area contributed by atoms with E-state index in [4.69, 9.17) is 32.5 Å². The summed E-state index contributed by atoms with van der Waals surface area (Å²) in [4.78, 5) is 23.2. The van der Waals surface area contributed by atoms with Crippen LogP contribution in [0.25, 0.3) is 11.6 Å². The predicted octanol–water partition coefficient (Wildman–Crippen LogP) is 4.49. The van der Waals surface area contributed by atoms with Gasteiger partial charge in [0.2, 0.25) is 0 Å². The topological polar surface area (TPSA) is 98.8 Å². The Morgan fingerprint density at radius 1 is 1.27 bits per heavy atom. The van der Waals surface area contributed by atoms with Gasteiger partial charge in [0, 0.05) is 56.2 Å². The molecule has 1 amide bonds. The number of carbonyl (C=O) groups is 1. The molecule has 1 aromatic carbocycles. The highest BCUT2D eigenvalue weighted by Gasteiger charge is 2.36. The largest absolute Gasteiger partial charge is 0.446 e. The van der Waals surface area contributed by atoms with E-state index in [1.54, 1.807) is 22.2 Å². The second-order valence-corrected chi connectivity index (χ2v) is 9.93. The van der Waals surface area contributed by atoms with Crippen LogP contribution in [0.15, 0.2) is 61.2 Å². The summed E-state index contributed by atoms with van der Waals surface area (Å²) in [7, 11) is 1.81. The number of fused-ring (bicyclic) bond motifs is 2. The minimum Gasteiger partial charge on any atom is -0.446 e. The molecule has 2 aliphatic carbocycles. The molecule has 1 saturated heterocycles. The Balaban J connectivity index is 1.54. The maximum absolute atomic E-state index is 12.5. The molecular weight excluding hydrogens is 488 g/mol. The number of carbonyl (C=O) groups excluding carboxylic acids is 1. The van der Waals surface area contributed by atoms with Crippen molar-refractivity contribution >= 4 is 35.1 Å². The van der Waals surface area contributed by atoms with Crippen LogP contribution in [0.5, 0.6) is 0 Å². The first-order valence-corrected chi connectivity index (χ1v) is 12.8. The highest BCUT2D eigenvalue weighted by molar-refractivity contribution is 6.35. The Bertz CT molecular complexity index is 1290. The van der Waals surface area contributed by atoms with Gasteiger partial charge in [-0.25, -0.2) is 4.79 Å². The number of nitrogens with two attached hydrogens (primary N) is 1. The third-order valence-corrected chi connectivity index (χ3v) is 7.33. The molecule has 3 aliphatic rings. The average Bonchev–Trinajstić information content (AvgIpc) is 3.74. The summed E-state index contributed by atoms with van der Waals surface area (Å²) in [5.74, 6) is 0. The molecule has 8 nitrogen and oxygen atoms in total. The third kappa shape index (κ3) is 4.99. The number of hydrogen-bond donors (Lipinski definition) is 2. The first-order chi connectivity index (χ1) is 17.9. The highest BCUT2D eigenvalue weighted by atomic mass is 35.5. The van der Waals surface area contributed by atoms with E-state index in [2.05, 4.69) is 11.5 Å². The first-order valence-electron chi connectivity index (χ1n) is 12.4. The molecule has 37 heavy (non-hydrogen) atoms. The number of benzene rings is 1. The molecule has 9 heteroatoms. The Morgan fingerprint density at radius 3 is 2.70 bits per heavy atom. The summed E-state index contributed by atoms with van der Waals surface area (Å²) in [6.45, 7) is 6.31. The van der Waals surface area contributed by atoms with Crippen molar-refractivity contribution in [3.8, 4) is 0 Å². The molecule has 2 heterocycles. The Morgan fingerprint density at radius 2 is 2.03 bits per heavy atom. The maximum Gasteiger partial charge on any atom is 0.410 e. The fourth-order valence-corrected chi connectivity index (χ4v) is 5.09. The van der Waals surface area contributed by atoms with Crippen molar-refractivity contribution < 1.29 is 9.53 Å². The van der Waals surface area contributed by atoms with Gasteiger partial charge in [-0.3, -0.25) is 15.3 Å². The van der Waals surface area contributed by atoms with Gasteiger partial charge in [0.1, 0.15) is 6.10 Å².